The van der Waals surface area contributed by atoms with Gasteiger partial charge in [-0.3, -0.25) is 19.0 Å². The number of halogens is 1. The van der Waals surface area contributed by atoms with Crippen LogP contribution in [0.1, 0.15) is 31.7 Å². The minimum atomic E-state index is -0.542. The fourth-order valence-corrected chi connectivity index (χ4v) is 4.08. The molecule has 32 heavy (non-hydrogen) atoms. The van der Waals surface area contributed by atoms with Crippen molar-refractivity contribution in [1.29, 1.82) is 0 Å². The summed E-state index contributed by atoms with van der Waals surface area (Å²) in [7, 11) is 1.25. The minimum Gasteiger partial charge on any atom is -0.468 e. The van der Waals surface area contributed by atoms with Crippen molar-refractivity contribution in [3.63, 3.8) is 0 Å². The molecular formula is C23H24ClN3O4S. The molecule has 0 aliphatic rings. The summed E-state index contributed by atoms with van der Waals surface area (Å²) < 4.78 is 6.01. The van der Waals surface area contributed by atoms with Crippen molar-refractivity contribution >= 4 is 46.1 Å². The average Bonchev–Trinajstić information content (AvgIpc) is 2.80. The van der Waals surface area contributed by atoms with E-state index >= 15 is 0 Å². The Hall–Kier alpha value is -2.84. The number of esters is 1. The molecule has 1 N–H and O–H groups in total. The number of hydrogen-bond acceptors (Lipinski definition) is 6. The van der Waals surface area contributed by atoms with Crippen LogP contribution in [-0.2, 0) is 14.3 Å². The highest BCUT2D eigenvalue weighted by molar-refractivity contribution is 7.99. The van der Waals surface area contributed by atoms with Gasteiger partial charge in [0.1, 0.15) is 6.54 Å². The zero-order valence-corrected chi connectivity index (χ0v) is 19.6. The molecule has 1 aromatic heterocycles. The summed E-state index contributed by atoms with van der Waals surface area (Å²) in [4.78, 5) is 41.3. The van der Waals surface area contributed by atoms with Gasteiger partial charge in [0, 0.05) is 5.02 Å². The summed E-state index contributed by atoms with van der Waals surface area (Å²) in [5.74, 6) is -0.537. The number of thioether (sulfide) groups is 1. The summed E-state index contributed by atoms with van der Waals surface area (Å²) in [6.45, 7) is 4.05. The Morgan fingerprint density at radius 1 is 1.22 bits per heavy atom. The molecule has 0 spiro atoms. The van der Waals surface area contributed by atoms with E-state index in [-0.39, 0.29) is 23.8 Å². The van der Waals surface area contributed by atoms with Crippen LogP contribution in [0.4, 0.5) is 0 Å². The lowest BCUT2D eigenvalue weighted by atomic mass is 9.98. The largest absolute Gasteiger partial charge is 0.468 e. The summed E-state index contributed by atoms with van der Waals surface area (Å²) in [6, 6.07) is 12.7. The molecule has 1 atom stereocenters. The lowest BCUT2D eigenvalue weighted by Gasteiger charge is -2.15. The van der Waals surface area contributed by atoms with Gasteiger partial charge in [-0.15, -0.1) is 0 Å². The van der Waals surface area contributed by atoms with Crippen LogP contribution in [0.2, 0.25) is 5.02 Å². The van der Waals surface area contributed by atoms with E-state index in [0.717, 1.165) is 18.2 Å². The second kappa shape index (κ2) is 10.7. The quantitative estimate of drug-likeness (QED) is 0.303. The van der Waals surface area contributed by atoms with Gasteiger partial charge in [0.25, 0.3) is 5.56 Å². The maximum atomic E-state index is 13.3. The lowest BCUT2D eigenvalue weighted by molar-refractivity contribution is -0.140. The number of methoxy groups -OCH3 is 1. The number of fused-ring (bicyclic) bond motifs is 1. The smallest absolute Gasteiger partial charge is 0.325 e. The number of amides is 1. The lowest BCUT2D eigenvalue weighted by Crippen LogP contribution is -2.31. The predicted octanol–water partition coefficient (Wildman–Crippen LogP) is 3.93. The molecule has 0 unspecified atom stereocenters. The van der Waals surface area contributed by atoms with E-state index in [1.165, 1.54) is 17.2 Å². The zero-order chi connectivity index (χ0) is 23.3. The summed E-state index contributed by atoms with van der Waals surface area (Å²) in [5, 5.41) is 3.73. The van der Waals surface area contributed by atoms with Crippen molar-refractivity contribution in [3.05, 3.63) is 63.4 Å². The number of carbonyl (C=O) groups excluding carboxylic acids is 2. The zero-order valence-electron chi connectivity index (χ0n) is 18.1. The molecule has 0 bridgehead atoms. The summed E-state index contributed by atoms with van der Waals surface area (Å²) >= 11 is 7.19. The number of aromatic nitrogens is 2. The third kappa shape index (κ3) is 5.49. The molecule has 9 heteroatoms. The van der Waals surface area contributed by atoms with Gasteiger partial charge in [-0.05, 0) is 48.2 Å². The van der Waals surface area contributed by atoms with Gasteiger partial charge in [-0.1, -0.05) is 49.3 Å². The van der Waals surface area contributed by atoms with Crippen molar-refractivity contribution in [2.24, 2.45) is 0 Å². The van der Waals surface area contributed by atoms with Crippen molar-refractivity contribution in [2.75, 3.05) is 19.4 Å². The van der Waals surface area contributed by atoms with Crippen LogP contribution in [0.5, 0.6) is 0 Å². The molecule has 0 radical (unpaired) electrons. The maximum Gasteiger partial charge on any atom is 0.325 e. The maximum absolute atomic E-state index is 13.3. The van der Waals surface area contributed by atoms with Crippen LogP contribution >= 0.6 is 23.4 Å². The Kier molecular flexibility index (Phi) is 7.93. The molecule has 0 aliphatic heterocycles. The molecular weight excluding hydrogens is 450 g/mol. The van der Waals surface area contributed by atoms with E-state index in [1.54, 1.807) is 18.2 Å². The Labute approximate surface area is 195 Å². The minimum absolute atomic E-state index is 0.0273. The Balaban J connectivity index is 1.99. The number of benzene rings is 2. The molecule has 0 fully saturated rings. The summed E-state index contributed by atoms with van der Waals surface area (Å²) in [5.41, 5.74) is 2.04. The molecule has 1 amide bonds. The molecule has 0 aliphatic carbocycles. The monoisotopic (exact) mass is 473 g/mol. The highest BCUT2D eigenvalue weighted by atomic mass is 35.5. The van der Waals surface area contributed by atoms with Gasteiger partial charge in [0.15, 0.2) is 5.16 Å². The van der Waals surface area contributed by atoms with Gasteiger partial charge in [0.05, 0.1) is 29.5 Å². The molecule has 2 aromatic carbocycles. The van der Waals surface area contributed by atoms with E-state index in [9.17, 15) is 14.4 Å². The highest BCUT2D eigenvalue weighted by Crippen LogP contribution is 2.25. The van der Waals surface area contributed by atoms with Crippen LogP contribution < -0.4 is 10.9 Å². The molecule has 0 saturated heterocycles. The topological polar surface area (TPSA) is 90.3 Å². The van der Waals surface area contributed by atoms with Crippen molar-refractivity contribution < 1.29 is 14.3 Å². The first-order chi connectivity index (χ1) is 15.3. The van der Waals surface area contributed by atoms with E-state index in [1.807, 2.05) is 24.3 Å². The number of nitrogens with zero attached hydrogens (tertiary/aromatic N) is 2. The van der Waals surface area contributed by atoms with Crippen LogP contribution in [-0.4, -0.2) is 40.8 Å². The Morgan fingerprint density at radius 2 is 1.94 bits per heavy atom. The third-order valence-corrected chi connectivity index (χ3v) is 6.30. The molecule has 7 nitrogen and oxygen atoms in total. The normalized spacial score (nSPS) is 11.9. The number of nitrogens with one attached hydrogen (secondary N) is 1. The van der Waals surface area contributed by atoms with Crippen LogP contribution in [0.15, 0.2) is 52.4 Å². The number of hydrogen-bond donors (Lipinski definition) is 1. The van der Waals surface area contributed by atoms with Crippen LogP contribution in [0.25, 0.3) is 16.6 Å². The van der Waals surface area contributed by atoms with Crippen LogP contribution in [0, 0.1) is 0 Å². The first-order valence-electron chi connectivity index (χ1n) is 10.1. The fourth-order valence-electron chi connectivity index (χ4n) is 3.07. The van der Waals surface area contributed by atoms with E-state index in [2.05, 4.69) is 28.9 Å². The van der Waals surface area contributed by atoms with Crippen molar-refractivity contribution in [3.8, 4) is 5.69 Å². The van der Waals surface area contributed by atoms with Gasteiger partial charge in [-0.2, -0.15) is 0 Å². The SMILES string of the molecule is CC[C@@H](C)c1ccc(-n2c(SCC(=O)NCC(=O)OC)nc3cc(Cl)ccc3c2=O)cc1. The standard InChI is InChI=1S/C23H24ClN3O4S/c1-4-14(2)15-5-8-17(9-6-15)27-22(30)18-10-7-16(24)11-19(18)26-23(27)32-13-20(28)25-12-21(29)31-3/h5-11,14H,4,12-13H2,1-3H3,(H,25,28)/t14-/m1/s1. The second-order valence-electron chi connectivity index (χ2n) is 7.24. The first kappa shape index (κ1) is 23.8. The molecule has 0 saturated carbocycles. The second-order valence-corrected chi connectivity index (χ2v) is 8.62. The molecule has 168 valence electrons. The predicted molar refractivity (Wildman–Crippen MR) is 127 cm³/mol. The third-order valence-electron chi connectivity index (χ3n) is 5.12. The van der Waals surface area contributed by atoms with Crippen LogP contribution in [0.3, 0.4) is 0 Å². The number of rotatable bonds is 8. The van der Waals surface area contributed by atoms with E-state index in [4.69, 9.17) is 11.6 Å². The average molecular weight is 474 g/mol. The van der Waals surface area contributed by atoms with E-state index in [0.29, 0.717) is 32.7 Å². The van der Waals surface area contributed by atoms with E-state index < -0.39 is 5.97 Å². The Bertz CT molecular complexity index is 1190. The highest BCUT2D eigenvalue weighted by Gasteiger charge is 2.16. The summed E-state index contributed by atoms with van der Waals surface area (Å²) in [6.07, 6.45) is 1.01. The first-order valence-corrected chi connectivity index (χ1v) is 11.5. The van der Waals surface area contributed by atoms with Gasteiger partial charge in [-0.25, -0.2) is 4.98 Å². The van der Waals surface area contributed by atoms with Crippen molar-refractivity contribution in [1.82, 2.24) is 14.9 Å². The number of ether oxygens (including phenoxy) is 1. The van der Waals surface area contributed by atoms with Gasteiger partial charge < -0.3 is 10.1 Å². The Morgan fingerprint density at radius 3 is 2.59 bits per heavy atom. The van der Waals surface area contributed by atoms with Crippen molar-refractivity contribution in [2.45, 2.75) is 31.3 Å². The van der Waals surface area contributed by atoms with Gasteiger partial charge >= 0.3 is 5.97 Å². The van der Waals surface area contributed by atoms with Gasteiger partial charge in [0.2, 0.25) is 5.91 Å². The molecule has 1 heterocycles. The molecule has 3 aromatic rings. The fraction of sp³-hybridized carbons (Fsp3) is 0.304. The molecule has 3 rings (SSSR count). The number of carbonyl (C=O) groups is 2.